The number of carbonyl (C=O) groups is 9. The number of amides is 7. The van der Waals surface area contributed by atoms with Crippen molar-refractivity contribution in [3.05, 3.63) is 33.8 Å². The molecule has 0 saturated carbocycles. The van der Waals surface area contributed by atoms with Crippen LogP contribution in [0.3, 0.4) is 0 Å². The van der Waals surface area contributed by atoms with Crippen molar-refractivity contribution in [1.29, 1.82) is 0 Å². The van der Waals surface area contributed by atoms with Gasteiger partial charge < -0.3 is 41.2 Å². The van der Waals surface area contributed by atoms with E-state index in [1.165, 1.54) is 19.2 Å². The maximum Gasteiger partial charge on any atom is 0.350 e. The van der Waals surface area contributed by atoms with Gasteiger partial charge in [-0.05, 0) is 32.4 Å². The van der Waals surface area contributed by atoms with Crippen molar-refractivity contribution in [2.24, 2.45) is 11.1 Å². The summed E-state index contributed by atoms with van der Waals surface area (Å²) in [6.07, 6.45) is -0.169. The second-order valence-corrected chi connectivity index (χ2v) is 16.1. The van der Waals surface area contributed by atoms with Crippen molar-refractivity contribution in [3.8, 4) is 11.5 Å². The van der Waals surface area contributed by atoms with Crippen LogP contribution < -0.4 is 21.9 Å². The number of urea groups is 1. The zero-order valence-electron chi connectivity index (χ0n) is 29.8. The first-order valence-corrected chi connectivity index (χ1v) is 18.8. The maximum absolute atomic E-state index is 13.6. The molecule has 58 heavy (non-hydrogen) atoms. The van der Waals surface area contributed by atoms with Gasteiger partial charge in [-0.25, -0.2) is 24.4 Å². The Kier molecular flexibility index (Phi) is 10.8. The third kappa shape index (κ3) is 7.19. The molecule has 9 N–H and O–H groups in total. The maximum atomic E-state index is 13.6. The molecule has 0 aliphatic carbocycles. The average molecular weight is 867 g/mol. The number of oxime groups is 1. The van der Waals surface area contributed by atoms with Crippen molar-refractivity contribution >= 4 is 98.8 Å². The highest BCUT2D eigenvalue weighted by atomic mass is 35.5. The highest BCUT2D eigenvalue weighted by Crippen LogP contribution is 2.49. The van der Waals surface area contributed by atoms with Gasteiger partial charge in [0, 0.05) is 18.5 Å². The van der Waals surface area contributed by atoms with E-state index in [2.05, 4.69) is 26.3 Å². The summed E-state index contributed by atoms with van der Waals surface area (Å²) < 4.78 is 0. The summed E-state index contributed by atoms with van der Waals surface area (Å²) in [5.41, 5.74) is 7.05. The Labute approximate surface area is 337 Å². The van der Waals surface area contributed by atoms with Gasteiger partial charge in [0.1, 0.15) is 23.0 Å². The Morgan fingerprint density at radius 3 is 2.36 bits per heavy atom. The molecule has 27 heteroatoms. The quantitative estimate of drug-likeness (QED) is 0.0207. The average Bonchev–Trinajstić information content (AvgIpc) is 3.95. The number of thiazole rings is 1. The van der Waals surface area contributed by atoms with Crippen LogP contribution in [0.4, 0.5) is 9.93 Å². The summed E-state index contributed by atoms with van der Waals surface area (Å²) in [7, 11) is 0. The number of nitrogen functional groups attached to an aromatic ring is 1. The van der Waals surface area contributed by atoms with E-state index in [1.807, 2.05) is 0 Å². The molecular weight excluding hydrogens is 836 g/mol. The minimum absolute atomic E-state index is 0.0346. The lowest BCUT2D eigenvalue weighted by Crippen LogP contribution is -2.68. The fourth-order valence-electron chi connectivity index (χ4n) is 6.06. The molecule has 4 atom stereocenters. The number of nitrogens with zero attached hydrogens (tertiary/aromatic N) is 6. The molecule has 5 heterocycles. The van der Waals surface area contributed by atoms with Gasteiger partial charge in [-0.2, -0.15) is 0 Å². The molecule has 7 amide bonds. The summed E-state index contributed by atoms with van der Waals surface area (Å²) in [4.78, 5) is 125. The fraction of sp³-hybridized carbons (Fsp3) is 0.387. The number of phenolic OH excluding ortho intramolecular Hbond substituents is 2. The number of hydrazine groups is 2. The third-order valence-corrected chi connectivity index (χ3v) is 12.1. The number of benzene rings is 1. The van der Waals surface area contributed by atoms with E-state index >= 15 is 0 Å². The van der Waals surface area contributed by atoms with Crippen LogP contribution >= 0.6 is 34.7 Å². The first-order chi connectivity index (χ1) is 27.2. The molecule has 2 aromatic rings. The zero-order chi connectivity index (χ0) is 42.6. The number of Topliss-reactive ketones (excluding diaryl/α,β-unsaturated/α-hetero) is 1. The molecule has 1 unspecified atom stereocenters. The second kappa shape index (κ2) is 15.2. The van der Waals surface area contributed by atoms with Gasteiger partial charge in [-0.3, -0.25) is 49.5 Å². The number of aliphatic carboxylic acids is 2. The van der Waals surface area contributed by atoms with Crippen molar-refractivity contribution < 1.29 is 68.4 Å². The predicted molar refractivity (Wildman–Crippen MR) is 195 cm³/mol. The molecule has 4 aliphatic heterocycles. The van der Waals surface area contributed by atoms with E-state index in [1.54, 1.807) is 0 Å². The minimum Gasteiger partial charge on any atom is -0.504 e. The van der Waals surface area contributed by atoms with E-state index in [-0.39, 0.29) is 36.9 Å². The minimum atomic E-state index is -2.10. The molecule has 0 bridgehead atoms. The van der Waals surface area contributed by atoms with Crippen molar-refractivity contribution in [1.82, 2.24) is 41.0 Å². The number of hydrogen-bond donors (Lipinski definition) is 8. The standard InChI is InChI=1S/C31H31ClN10O14S2/c1-30(2,26(51)52)56-38-16(13-9-57-28(33)34-13)21(47)35-17-24(50)39-10-31(27(53)54,58-25(17)39)40-7-8-42(29(40)55)36-20(46)12-5-6-41(23(12)49)37-22(48)18(44)11-3-4-14(43)19(45)15(11)32/h3-4,9,12,17,25,43,45H,5-8,10H2,1-2H3,(H2,33,34)(H,35,47)(H,36,46)(H,37,48)(H,51,52)(H,53,54)/b38-16-/t12?,17-,25-,31-/m1/s1. The largest absolute Gasteiger partial charge is 0.504 e. The normalized spacial score (nSPS) is 23.1. The SMILES string of the molecule is CC(C)(O/N=C(\C(=O)N[C@@H]1C(=O)N2C[C@@](C(=O)O)(N3CCN(NC(=O)C4CCN(NC(=O)C(=O)c5ccc(O)c(O)c5Cl)C4=O)C3=O)S[C@H]12)c1csc(N)n1)C(=O)O. The number of phenols is 2. The third-order valence-electron chi connectivity index (χ3n) is 9.32. The molecule has 4 aliphatic rings. The number of thioether (sulfide) groups is 1. The number of aromatic nitrogens is 1. The van der Waals surface area contributed by atoms with E-state index in [0.717, 1.165) is 38.3 Å². The van der Waals surface area contributed by atoms with Crippen LogP contribution in [0.1, 0.15) is 36.3 Å². The van der Waals surface area contributed by atoms with Crippen LogP contribution in [0.5, 0.6) is 11.5 Å². The number of carboxylic acids is 2. The summed E-state index contributed by atoms with van der Waals surface area (Å²) in [6, 6.07) is -0.433. The van der Waals surface area contributed by atoms with Gasteiger partial charge in [0.15, 0.2) is 22.3 Å². The number of nitrogens with one attached hydrogen (secondary N) is 3. The number of aromatic hydroxyl groups is 2. The molecule has 4 saturated heterocycles. The fourth-order valence-corrected chi connectivity index (χ4v) is 8.49. The smallest absolute Gasteiger partial charge is 0.350 e. The highest BCUT2D eigenvalue weighted by molar-refractivity contribution is 8.02. The van der Waals surface area contributed by atoms with Gasteiger partial charge in [0.25, 0.3) is 23.5 Å². The monoisotopic (exact) mass is 866 g/mol. The predicted octanol–water partition coefficient (Wildman–Crippen LogP) is -1.91. The van der Waals surface area contributed by atoms with E-state index in [0.29, 0.717) is 16.8 Å². The molecule has 6 rings (SSSR count). The van der Waals surface area contributed by atoms with E-state index in [4.69, 9.17) is 22.2 Å². The number of anilines is 1. The van der Waals surface area contributed by atoms with E-state index < -0.39 is 115 Å². The van der Waals surface area contributed by atoms with Crippen LogP contribution in [-0.4, -0.2) is 152 Å². The molecular formula is C31H31ClN10O14S2. The summed E-state index contributed by atoms with van der Waals surface area (Å²) in [6.45, 7) is 1.09. The Bertz CT molecular complexity index is 2220. The number of carboxylic acid groups (broad SMARTS) is 2. The molecule has 4 fully saturated rings. The van der Waals surface area contributed by atoms with Gasteiger partial charge in [0.05, 0.1) is 23.7 Å². The lowest BCUT2D eigenvalue weighted by molar-refractivity contribution is -0.161. The van der Waals surface area contributed by atoms with Crippen LogP contribution in [0.15, 0.2) is 22.7 Å². The Balaban J connectivity index is 1.09. The number of β-lactam (4-membered cyclic amide) rings is 1. The highest BCUT2D eigenvalue weighted by Gasteiger charge is 2.66. The van der Waals surface area contributed by atoms with Crippen molar-refractivity contribution in [2.75, 3.05) is 31.9 Å². The molecule has 308 valence electrons. The van der Waals surface area contributed by atoms with Crippen LogP contribution in [-0.2, 0) is 38.4 Å². The lowest BCUT2D eigenvalue weighted by atomic mass is 10.1. The number of carbonyl (C=O) groups excluding carboxylic acids is 7. The topological polar surface area (TPSA) is 344 Å². The van der Waals surface area contributed by atoms with Crippen molar-refractivity contribution in [3.63, 3.8) is 0 Å². The zero-order valence-corrected chi connectivity index (χ0v) is 32.2. The summed E-state index contributed by atoms with van der Waals surface area (Å²) >= 11 is 7.46. The molecule has 1 aromatic carbocycles. The molecule has 0 spiro atoms. The van der Waals surface area contributed by atoms with Gasteiger partial charge in [-0.1, -0.05) is 28.5 Å². The first-order valence-electron chi connectivity index (χ1n) is 16.7. The van der Waals surface area contributed by atoms with Crippen LogP contribution in [0.25, 0.3) is 0 Å². The van der Waals surface area contributed by atoms with Crippen LogP contribution in [0.2, 0.25) is 5.02 Å². The molecule has 0 radical (unpaired) electrons. The lowest BCUT2D eigenvalue weighted by Gasteiger charge is -2.41. The van der Waals surface area contributed by atoms with Gasteiger partial charge in [-0.15, -0.1) is 11.3 Å². The number of fused-ring (bicyclic) bond motifs is 1. The molecule has 1 aromatic heterocycles. The Morgan fingerprint density at radius 1 is 1.02 bits per heavy atom. The van der Waals surface area contributed by atoms with Gasteiger partial charge >= 0.3 is 23.9 Å². The Morgan fingerprint density at radius 2 is 1.72 bits per heavy atom. The number of halogens is 1. The van der Waals surface area contributed by atoms with Gasteiger partial charge in [0.2, 0.25) is 16.4 Å². The molecule has 24 nitrogen and oxygen atoms in total. The Hall–Kier alpha value is -6.41. The number of rotatable bonds is 13. The van der Waals surface area contributed by atoms with E-state index in [9.17, 15) is 63.6 Å². The number of nitrogens with two attached hydrogens (primary N) is 1. The summed E-state index contributed by atoms with van der Waals surface area (Å²) in [5.74, 6) is -12.2. The number of ketones is 1. The summed E-state index contributed by atoms with van der Waals surface area (Å²) in [5, 5.41) is 46.5. The second-order valence-electron chi connectivity index (χ2n) is 13.4. The number of hydrogen-bond acceptors (Lipinski definition) is 17. The first kappa shape index (κ1) is 41.2. The van der Waals surface area contributed by atoms with Crippen molar-refractivity contribution in [2.45, 2.75) is 42.2 Å². The van der Waals surface area contributed by atoms with Crippen LogP contribution in [0, 0.1) is 5.92 Å².